The van der Waals surface area contributed by atoms with Gasteiger partial charge in [-0.3, -0.25) is 20.4 Å². The number of carbonyl (C=O) groups is 2. The summed E-state index contributed by atoms with van der Waals surface area (Å²) < 4.78 is 11.4. The first kappa shape index (κ1) is 21.7. The Balaban J connectivity index is 3.13. The molecule has 2 amide bonds. The molecule has 6 N–H and O–H groups in total. The molecule has 0 aromatic heterocycles. The minimum absolute atomic E-state index is 0.211. The minimum Gasteiger partial charge on any atom is -0.493 e. The van der Waals surface area contributed by atoms with Gasteiger partial charge in [0.05, 0.1) is 24.3 Å². The molecule has 8 heteroatoms. The van der Waals surface area contributed by atoms with Crippen LogP contribution in [0.2, 0.25) is 0 Å². The van der Waals surface area contributed by atoms with Crippen molar-refractivity contribution in [3.05, 3.63) is 23.3 Å². The number of nitrogens with two attached hydrogens (primary N) is 2. The predicted octanol–water partition coefficient (Wildman–Crippen LogP) is 2.03. The average Bonchev–Trinajstić information content (AvgIpc) is 2.67. The Morgan fingerprint density at radius 3 is 1.50 bits per heavy atom. The monoisotopic (exact) mass is 366 g/mol. The largest absolute Gasteiger partial charge is 0.493 e. The van der Waals surface area contributed by atoms with E-state index in [1.165, 1.54) is 12.1 Å². The highest BCUT2D eigenvalue weighted by Crippen LogP contribution is 2.30. The van der Waals surface area contributed by atoms with Crippen molar-refractivity contribution in [1.29, 1.82) is 0 Å². The van der Waals surface area contributed by atoms with E-state index in [4.69, 9.17) is 21.2 Å². The van der Waals surface area contributed by atoms with Crippen molar-refractivity contribution in [2.75, 3.05) is 13.2 Å². The van der Waals surface area contributed by atoms with Crippen LogP contribution in [-0.2, 0) is 0 Å². The van der Waals surface area contributed by atoms with Crippen LogP contribution in [-0.4, -0.2) is 25.0 Å². The van der Waals surface area contributed by atoms with Crippen molar-refractivity contribution in [1.82, 2.24) is 10.9 Å². The average molecular weight is 366 g/mol. The summed E-state index contributed by atoms with van der Waals surface area (Å²) in [6.07, 6.45) is 5.79. The van der Waals surface area contributed by atoms with E-state index in [-0.39, 0.29) is 22.6 Å². The number of amides is 2. The summed E-state index contributed by atoms with van der Waals surface area (Å²) in [7, 11) is 0. The summed E-state index contributed by atoms with van der Waals surface area (Å²) in [4.78, 5) is 24.2. The number of nitrogens with one attached hydrogen (secondary N) is 2. The summed E-state index contributed by atoms with van der Waals surface area (Å²) in [5.74, 6) is 10.0. The van der Waals surface area contributed by atoms with Gasteiger partial charge in [-0.1, -0.05) is 39.5 Å². The number of rotatable bonds is 12. The van der Waals surface area contributed by atoms with Crippen LogP contribution in [0.3, 0.4) is 0 Å². The van der Waals surface area contributed by atoms with E-state index in [2.05, 4.69) is 24.7 Å². The second-order valence-electron chi connectivity index (χ2n) is 5.90. The summed E-state index contributed by atoms with van der Waals surface area (Å²) in [6, 6.07) is 2.93. The van der Waals surface area contributed by atoms with Crippen molar-refractivity contribution in [3.8, 4) is 11.5 Å². The first-order valence-corrected chi connectivity index (χ1v) is 9.04. The second-order valence-corrected chi connectivity index (χ2v) is 5.90. The van der Waals surface area contributed by atoms with Crippen LogP contribution >= 0.6 is 0 Å². The molecule has 0 atom stereocenters. The van der Waals surface area contributed by atoms with Gasteiger partial charge in [-0.25, -0.2) is 11.7 Å². The fraction of sp³-hybridized carbons (Fsp3) is 0.556. The van der Waals surface area contributed by atoms with Gasteiger partial charge in [-0.15, -0.1) is 0 Å². The highest BCUT2D eigenvalue weighted by atomic mass is 16.5. The molecule has 146 valence electrons. The highest BCUT2D eigenvalue weighted by Gasteiger charge is 2.21. The maximum absolute atomic E-state index is 12.1. The first-order chi connectivity index (χ1) is 12.6. The van der Waals surface area contributed by atoms with E-state index in [0.717, 1.165) is 38.5 Å². The molecule has 1 aromatic carbocycles. The van der Waals surface area contributed by atoms with Gasteiger partial charge in [0.2, 0.25) is 0 Å². The van der Waals surface area contributed by atoms with E-state index in [1.54, 1.807) is 0 Å². The third-order valence-corrected chi connectivity index (χ3v) is 3.84. The zero-order valence-electron chi connectivity index (χ0n) is 15.6. The van der Waals surface area contributed by atoms with Gasteiger partial charge in [0.15, 0.2) is 0 Å². The molecule has 0 radical (unpaired) electrons. The molecule has 26 heavy (non-hydrogen) atoms. The van der Waals surface area contributed by atoms with Crippen LogP contribution in [0.15, 0.2) is 12.1 Å². The van der Waals surface area contributed by atoms with Crippen molar-refractivity contribution in [2.45, 2.75) is 52.4 Å². The fourth-order valence-corrected chi connectivity index (χ4v) is 2.38. The Kier molecular flexibility index (Phi) is 10.1. The Hall–Kier alpha value is -2.32. The predicted molar refractivity (Wildman–Crippen MR) is 99.8 cm³/mol. The molecule has 0 aliphatic rings. The third-order valence-electron chi connectivity index (χ3n) is 3.84. The van der Waals surface area contributed by atoms with Crippen LogP contribution in [0.1, 0.15) is 73.1 Å². The molecule has 0 spiro atoms. The molecule has 0 unspecified atom stereocenters. The van der Waals surface area contributed by atoms with Crippen molar-refractivity contribution in [3.63, 3.8) is 0 Å². The van der Waals surface area contributed by atoms with Crippen LogP contribution < -0.4 is 32.0 Å². The van der Waals surface area contributed by atoms with E-state index >= 15 is 0 Å². The normalized spacial score (nSPS) is 10.3. The number of hydrogen-bond acceptors (Lipinski definition) is 6. The lowest BCUT2D eigenvalue weighted by molar-refractivity contribution is 0.0934. The van der Waals surface area contributed by atoms with Gasteiger partial charge in [0.25, 0.3) is 11.8 Å². The lowest BCUT2D eigenvalue weighted by Gasteiger charge is -2.16. The maximum Gasteiger partial charge on any atom is 0.269 e. The van der Waals surface area contributed by atoms with Gasteiger partial charge < -0.3 is 9.47 Å². The third kappa shape index (κ3) is 6.53. The number of hydrazine groups is 2. The smallest absolute Gasteiger partial charge is 0.269 e. The van der Waals surface area contributed by atoms with Gasteiger partial charge in [-0.05, 0) is 25.0 Å². The topological polar surface area (TPSA) is 129 Å². The number of nitrogen functional groups attached to an aromatic ring is 2. The van der Waals surface area contributed by atoms with Crippen molar-refractivity contribution >= 4 is 11.8 Å². The van der Waals surface area contributed by atoms with E-state index in [9.17, 15) is 9.59 Å². The number of unbranched alkanes of at least 4 members (excludes halogenated alkanes) is 4. The van der Waals surface area contributed by atoms with Crippen LogP contribution in [0, 0.1) is 0 Å². The molecule has 8 nitrogen and oxygen atoms in total. The Labute approximate surface area is 154 Å². The quantitative estimate of drug-likeness (QED) is 0.194. The maximum atomic E-state index is 12.1. The molecule has 1 aromatic rings. The Bertz CT molecular complexity index is 541. The van der Waals surface area contributed by atoms with Crippen molar-refractivity contribution in [2.24, 2.45) is 11.7 Å². The zero-order chi connectivity index (χ0) is 19.4. The van der Waals surface area contributed by atoms with E-state index in [0.29, 0.717) is 13.2 Å². The standard InChI is InChI=1S/C18H30N4O4/c1-3-5-7-9-25-15-11-14(18(24)22-20)16(26-10-8-6-4-2)12-13(15)17(23)21-19/h11-12H,3-10,19-20H2,1-2H3,(H,21,23)(H,22,24). The molecular weight excluding hydrogens is 336 g/mol. The summed E-state index contributed by atoms with van der Waals surface area (Å²) >= 11 is 0. The first-order valence-electron chi connectivity index (χ1n) is 9.04. The molecule has 1 rings (SSSR count). The van der Waals surface area contributed by atoms with Crippen LogP contribution in [0.4, 0.5) is 0 Å². The van der Waals surface area contributed by atoms with Gasteiger partial charge in [-0.2, -0.15) is 0 Å². The summed E-state index contributed by atoms with van der Waals surface area (Å²) in [5.41, 5.74) is 4.60. The van der Waals surface area contributed by atoms with Crippen molar-refractivity contribution < 1.29 is 19.1 Å². The molecule has 0 aliphatic carbocycles. The molecule has 0 aliphatic heterocycles. The molecule has 0 fully saturated rings. The summed E-state index contributed by atoms with van der Waals surface area (Å²) in [5, 5.41) is 0. The van der Waals surface area contributed by atoms with Gasteiger partial charge >= 0.3 is 0 Å². The summed E-state index contributed by atoms with van der Waals surface area (Å²) in [6.45, 7) is 5.03. The second kappa shape index (κ2) is 12.1. The lowest BCUT2D eigenvalue weighted by Crippen LogP contribution is -2.32. The molecule has 0 heterocycles. The van der Waals surface area contributed by atoms with E-state index < -0.39 is 11.8 Å². The number of hydrogen-bond donors (Lipinski definition) is 4. The fourth-order valence-electron chi connectivity index (χ4n) is 2.38. The van der Waals surface area contributed by atoms with Crippen LogP contribution in [0.25, 0.3) is 0 Å². The number of ether oxygens (including phenoxy) is 2. The molecule has 0 bridgehead atoms. The lowest BCUT2D eigenvalue weighted by atomic mass is 10.1. The Morgan fingerprint density at radius 2 is 1.19 bits per heavy atom. The number of carbonyl (C=O) groups excluding carboxylic acids is 2. The van der Waals surface area contributed by atoms with Crippen LogP contribution in [0.5, 0.6) is 11.5 Å². The highest BCUT2D eigenvalue weighted by molar-refractivity contribution is 6.02. The minimum atomic E-state index is -0.520. The van der Waals surface area contributed by atoms with E-state index in [1.807, 2.05) is 0 Å². The molecular formula is C18H30N4O4. The van der Waals surface area contributed by atoms with Gasteiger partial charge in [0, 0.05) is 0 Å². The molecule has 0 saturated heterocycles. The Morgan fingerprint density at radius 1 is 0.808 bits per heavy atom. The SMILES string of the molecule is CCCCCOc1cc(C(=O)NN)c(OCCCCC)cc1C(=O)NN. The molecule has 0 saturated carbocycles. The van der Waals surface area contributed by atoms with Gasteiger partial charge in [0.1, 0.15) is 11.5 Å². The zero-order valence-corrected chi connectivity index (χ0v) is 15.6. The number of benzene rings is 1.